The summed E-state index contributed by atoms with van der Waals surface area (Å²) >= 11 is 0. The molecule has 0 aromatic heterocycles. The van der Waals surface area contributed by atoms with Crippen LogP contribution >= 0.6 is 0 Å². The van der Waals surface area contributed by atoms with Gasteiger partial charge in [0.05, 0.1) is 0 Å². The quantitative estimate of drug-likeness (QED) is 0.818. The first-order valence-corrected chi connectivity index (χ1v) is 5.83. The molecule has 86 valence electrons. The summed E-state index contributed by atoms with van der Waals surface area (Å²) in [6.07, 6.45) is 2.33. The molecule has 1 atom stereocenters. The van der Waals surface area contributed by atoms with Crippen LogP contribution < -0.4 is 5.73 Å². The fraction of sp³-hybridized carbons (Fsp3) is 0.462. The summed E-state index contributed by atoms with van der Waals surface area (Å²) in [6, 6.07) is 10.3. The summed E-state index contributed by atoms with van der Waals surface area (Å²) in [4.78, 5) is 13.8. The molecule has 3 nitrogen and oxygen atoms in total. The number of carbonyl (C=O) groups excluding carboxylic acids is 1. The molecular formula is C13H18N2O. The van der Waals surface area contributed by atoms with E-state index in [4.69, 9.17) is 5.73 Å². The van der Waals surface area contributed by atoms with Crippen molar-refractivity contribution >= 4 is 5.91 Å². The predicted molar refractivity (Wildman–Crippen MR) is 63.7 cm³/mol. The van der Waals surface area contributed by atoms with E-state index in [-0.39, 0.29) is 11.9 Å². The Labute approximate surface area is 96.2 Å². The maximum absolute atomic E-state index is 11.8. The second kappa shape index (κ2) is 5.12. The predicted octanol–water partition coefficient (Wildman–Crippen LogP) is 1.53. The highest BCUT2D eigenvalue weighted by Gasteiger charge is 2.20. The van der Waals surface area contributed by atoms with E-state index in [0.29, 0.717) is 13.0 Å². The lowest BCUT2D eigenvalue weighted by Crippen LogP contribution is -2.30. The molecule has 1 heterocycles. The smallest absolute Gasteiger partial charge is 0.222 e. The molecule has 1 aromatic carbocycles. The molecule has 1 saturated heterocycles. The number of likely N-dealkylation sites (tertiary alicyclic amines) is 1. The lowest BCUT2D eigenvalue weighted by atomic mass is 10.1. The minimum Gasteiger partial charge on any atom is -0.338 e. The first-order chi connectivity index (χ1) is 7.75. The Hall–Kier alpha value is -1.35. The van der Waals surface area contributed by atoms with E-state index in [2.05, 4.69) is 12.1 Å². The van der Waals surface area contributed by atoms with Crippen molar-refractivity contribution in [2.24, 2.45) is 5.73 Å². The molecule has 1 amide bonds. The van der Waals surface area contributed by atoms with E-state index < -0.39 is 0 Å². The summed E-state index contributed by atoms with van der Waals surface area (Å²) in [5.41, 5.74) is 7.06. The highest BCUT2D eigenvalue weighted by molar-refractivity contribution is 5.76. The number of nitrogens with two attached hydrogens (primary N) is 1. The average Bonchev–Trinajstić information content (AvgIpc) is 2.46. The molecule has 1 aliphatic heterocycles. The maximum atomic E-state index is 11.8. The third kappa shape index (κ3) is 2.83. The zero-order valence-electron chi connectivity index (χ0n) is 9.43. The summed E-state index contributed by atoms with van der Waals surface area (Å²) < 4.78 is 0. The molecule has 0 radical (unpaired) electrons. The minimum atomic E-state index is 0.185. The number of nitrogens with zero attached hydrogens (tertiary/aromatic N) is 1. The molecule has 0 saturated carbocycles. The van der Waals surface area contributed by atoms with Gasteiger partial charge in [-0.3, -0.25) is 4.79 Å². The topological polar surface area (TPSA) is 46.3 Å². The summed E-state index contributed by atoms with van der Waals surface area (Å²) in [6.45, 7) is 1.50. The van der Waals surface area contributed by atoms with Crippen LogP contribution in [0.3, 0.4) is 0 Å². The summed E-state index contributed by atoms with van der Waals surface area (Å²) in [5.74, 6) is 0.233. The Morgan fingerprint density at radius 1 is 1.25 bits per heavy atom. The van der Waals surface area contributed by atoms with Crippen LogP contribution in [0, 0.1) is 0 Å². The second-order valence-corrected chi connectivity index (χ2v) is 4.39. The van der Waals surface area contributed by atoms with Gasteiger partial charge in [0.25, 0.3) is 0 Å². The fourth-order valence-corrected chi connectivity index (χ4v) is 2.03. The number of hydrogen-bond acceptors (Lipinski definition) is 2. The van der Waals surface area contributed by atoms with Gasteiger partial charge in [0.2, 0.25) is 5.91 Å². The van der Waals surface area contributed by atoms with E-state index >= 15 is 0 Å². The fourth-order valence-electron chi connectivity index (χ4n) is 2.03. The first-order valence-electron chi connectivity index (χ1n) is 5.83. The number of carbonyl (C=O) groups is 1. The third-order valence-corrected chi connectivity index (χ3v) is 3.07. The normalized spacial score (nSPS) is 21.9. The van der Waals surface area contributed by atoms with Crippen LogP contribution in [-0.2, 0) is 11.3 Å². The molecular weight excluding hydrogens is 200 g/mol. The van der Waals surface area contributed by atoms with Crippen molar-refractivity contribution in [1.29, 1.82) is 0 Å². The van der Waals surface area contributed by atoms with Gasteiger partial charge in [0, 0.05) is 25.6 Å². The Morgan fingerprint density at radius 3 is 2.75 bits per heavy atom. The van der Waals surface area contributed by atoms with Crippen molar-refractivity contribution in [2.75, 3.05) is 6.54 Å². The highest BCUT2D eigenvalue weighted by atomic mass is 16.2. The van der Waals surface area contributed by atoms with E-state index in [9.17, 15) is 4.79 Å². The number of benzene rings is 1. The number of amides is 1. The van der Waals surface area contributed by atoms with E-state index in [1.54, 1.807) is 0 Å². The first kappa shape index (κ1) is 11.1. The molecule has 1 fully saturated rings. The monoisotopic (exact) mass is 218 g/mol. The van der Waals surface area contributed by atoms with E-state index in [1.807, 2.05) is 23.1 Å². The molecule has 0 spiro atoms. The van der Waals surface area contributed by atoms with Crippen LogP contribution in [0.4, 0.5) is 0 Å². The van der Waals surface area contributed by atoms with Crippen LogP contribution in [0.1, 0.15) is 24.8 Å². The van der Waals surface area contributed by atoms with Crippen LogP contribution in [0.5, 0.6) is 0 Å². The van der Waals surface area contributed by atoms with Crippen molar-refractivity contribution in [1.82, 2.24) is 4.90 Å². The van der Waals surface area contributed by atoms with Crippen molar-refractivity contribution in [3.63, 3.8) is 0 Å². The van der Waals surface area contributed by atoms with Gasteiger partial charge in [0.15, 0.2) is 0 Å². The Morgan fingerprint density at radius 2 is 2.00 bits per heavy atom. The standard InChI is InChI=1S/C13H18N2O/c14-12-6-7-13(16)15(9-8-12)10-11-4-2-1-3-5-11/h1-5,12H,6-10,14H2/t12-/m1/s1. The molecule has 0 aliphatic carbocycles. The van der Waals surface area contributed by atoms with Crippen molar-refractivity contribution in [3.8, 4) is 0 Å². The summed E-state index contributed by atoms with van der Waals surface area (Å²) in [7, 11) is 0. The molecule has 16 heavy (non-hydrogen) atoms. The van der Waals surface area contributed by atoms with E-state index in [0.717, 1.165) is 19.4 Å². The van der Waals surface area contributed by atoms with E-state index in [1.165, 1.54) is 5.56 Å². The van der Waals surface area contributed by atoms with Crippen molar-refractivity contribution in [2.45, 2.75) is 31.8 Å². The zero-order chi connectivity index (χ0) is 11.4. The van der Waals surface area contributed by atoms with Gasteiger partial charge in [0.1, 0.15) is 0 Å². The third-order valence-electron chi connectivity index (χ3n) is 3.07. The molecule has 3 heteroatoms. The van der Waals surface area contributed by atoms with Crippen molar-refractivity contribution < 1.29 is 4.79 Å². The van der Waals surface area contributed by atoms with Crippen LogP contribution in [0.2, 0.25) is 0 Å². The number of hydrogen-bond donors (Lipinski definition) is 1. The van der Waals surface area contributed by atoms with Gasteiger partial charge < -0.3 is 10.6 Å². The van der Waals surface area contributed by atoms with Crippen LogP contribution in [0.25, 0.3) is 0 Å². The molecule has 1 aliphatic rings. The van der Waals surface area contributed by atoms with Gasteiger partial charge in [-0.2, -0.15) is 0 Å². The molecule has 0 bridgehead atoms. The molecule has 0 unspecified atom stereocenters. The van der Waals surface area contributed by atoms with Gasteiger partial charge in [-0.25, -0.2) is 0 Å². The second-order valence-electron chi connectivity index (χ2n) is 4.39. The van der Waals surface area contributed by atoms with Gasteiger partial charge >= 0.3 is 0 Å². The lowest BCUT2D eigenvalue weighted by Gasteiger charge is -2.20. The molecule has 2 rings (SSSR count). The van der Waals surface area contributed by atoms with Crippen LogP contribution in [-0.4, -0.2) is 23.4 Å². The average molecular weight is 218 g/mol. The Balaban J connectivity index is 2.00. The van der Waals surface area contributed by atoms with Gasteiger partial charge in [-0.1, -0.05) is 30.3 Å². The Kier molecular flexibility index (Phi) is 3.57. The van der Waals surface area contributed by atoms with Gasteiger partial charge in [-0.05, 0) is 18.4 Å². The van der Waals surface area contributed by atoms with Crippen molar-refractivity contribution in [3.05, 3.63) is 35.9 Å². The zero-order valence-corrected chi connectivity index (χ0v) is 9.43. The molecule has 2 N–H and O–H groups in total. The maximum Gasteiger partial charge on any atom is 0.222 e. The number of rotatable bonds is 2. The minimum absolute atomic E-state index is 0.185. The SMILES string of the molecule is N[C@@H]1CCC(=O)N(Cc2ccccc2)CC1. The summed E-state index contributed by atoms with van der Waals surface area (Å²) in [5, 5.41) is 0. The van der Waals surface area contributed by atoms with Gasteiger partial charge in [-0.15, -0.1) is 0 Å². The largest absolute Gasteiger partial charge is 0.338 e. The lowest BCUT2D eigenvalue weighted by molar-refractivity contribution is -0.131. The van der Waals surface area contributed by atoms with Crippen LogP contribution in [0.15, 0.2) is 30.3 Å². The Bertz CT molecular complexity index is 350. The highest BCUT2D eigenvalue weighted by Crippen LogP contribution is 2.13. The molecule has 1 aromatic rings.